The fourth-order valence-corrected chi connectivity index (χ4v) is 0.906. The van der Waals surface area contributed by atoms with Crippen LogP contribution in [0.1, 0.15) is 0 Å². The van der Waals surface area contributed by atoms with Gasteiger partial charge in [-0.1, -0.05) is 0 Å². The molecule has 1 aromatic carbocycles. The maximum Gasteiger partial charge on any atom is 0.269 e. The van der Waals surface area contributed by atoms with E-state index in [9.17, 15) is 10.1 Å². The maximum atomic E-state index is 10.3. The molecule has 2 rings (SSSR count). The highest BCUT2D eigenvalue weighted by Crippen LogP contribution is 2.21. The quantitative estimate of drug-likeness (QED) is 0.401. The molecule has 1 atom stereocenters. The van der Waals surface area contributed by atoms with Crippen LogP contribution in [-0.2, 0) is 4.74 Å². The summed E-state index contributed by atoms with van der Waals surface area (Å²) in [6.45, 7) is 0.594. The summed E-state index contributed by atoms with van der Waals surface area (Å²) in [6, 6.07) is 5.91. The summed E-state index contributed by atoms with van der Waals surface area (Å²) >= 11 is 0. The Morgan fingerprint density at radius 2 is 2.08 bits per heavy atom. The number of hydrogen-bond donors (Lipinski definition) is 0. The first-order valence-corrected chi connectivity index (χ1v) is 3.78. The van der Waals surface area contributed by atoms with Crippen LogP contribution in [0, 0.1) is 10.1 Å². The molecule has 0 radical (unpaired) electrons. The Labute approximate surface area is 74.0 Å². The number of epoxide rings is 1. The van der Waals surface area contributed by atoms with E-state index >= 15 is 0 Å². The van der Waals surface area contributed by atoms with Crippen LogP contribution >= 0.6 is 0 Å². The van der Waals surface area contributed by atoms with E-state index in [4.69, 9.17) is 9.47 Å². The average Bonchev–Trinajstić information content (AvgIpc) is 2.89. The summed E-state index contributed by atoms with van der Waals surface area (Å²) in [5, 5.41) is 10.3. The van der Waals surface area contributed by atoms with E-state index in [2.05, 4.69) is 0 Å². The number of hydrogen-bond acceptors (Lipinski definition) is 4. The first kappa shape index (κ1) is 8.00. The molecule has 0 bridgehead atoms. The Balaban J connectivity index is 2.08. The molecule has 0 saturated carbocycles. The Morgan fingerprint density at radius 3 is 2.54 bits per heavy atom. The Morgan fingerprint density at radius 1 is 1.46 bits per heavy atom. The molecular weight excluding hydrogens is 174 g/mol. The molecule has 0 aliphatic carbocycles. The van der Waals surface area contributed by atoms with Gasteiger partial charge in [-0.15, -0.1) is 0 Å². The highest BCUT2D eigenvalue weighted by molar-refractivity contribution is 5.36. The third-order valence-corrected chi connectivity index (χ3v) is 1.62. The molecule has 5 nitrogen and oxygen atoms in total. The third-order valence-electron chi connectivity index (χ3n) is 1.62. The maximum absolute atomic E-state index is 10.3. The van der Waals surface area contributed by atoms with Crippen molar-refractivity contribution in [3.8, 4) is 5.75 Å². The normalized spacial score (nSPS) is 19.5. The number of nitrogens with zero attached hydrogens (tertiary/aromatic N) is 1. The molecule has 1 heterocycles. The van der Waals surface area contributed by atoms with E-state index in [1.807, 2.05) is 0 Å². The molecule has 0 aromatic heterocycles. The number of benzene rings is 1. The van der Waals surface area contributed by atoms with Crippen molar-refractivity contribution in [3.63, 3.8) is 0 Å². The van der Waals surface area contributed by atoms with Gasteiger partial charge in [0, 0.05) is 12.1 Å². The standard InChI is InChI=1S/C8H7NO4/c10-9(11)6-1-3-7(4-2-6)13-8-5-12-8/h1-4,8H,5H2/t8-/m1/s1. The lowest BCUT2D eigenvalue weighted by Gasteiger charge is -2.00. The molecule has 0 amide bonds. The van der Waals surface area contributed by atoms with E-state index in [0.29, 0.717) is 12.4 Å². The van der Waals surface area contributed by atoms with Crippen molar-refractivity contribution in [2.24, 2.45) is 0 Å². The summed E-state index contributed by atoms with van der Waals surface area (Å²) in [5.74, 6) is 0.591. The highest BCUT2D eigenvalue weighted by Gasteiger charge is 2.24. The minimum Gasteiger partial charge on any atom is -0.462 e. The zero-order chi connectivity index (χ0) is 9.26. The second-order valence-electron chi connectivity index (χ2n) is 2.63. The van der Waals surface area contributed by atoms with Crippen LogP contribution in [0.3, 0.4) is 0 Å². The predicted octanol–water partition coefficient (Wildman–Crippen LogP) is 1.33. The van der Waals surface area contributed by atoms with E-state index < -0.39 is 4.92 Å². The van der Waals surface area contributed by atoms with Gasteiger partial charge in [-0.3, -0.25) is 10.1 Å². The summed E-state index contributed by atoms with van der Waals surface area (Å²) in [7, 11) is 0. The van der Waals surface area contributed by atoms with Gasteiger partial charge in [-0.2, -0.15) is 0 Å². The molecule has 1 saturated heterocycles. The van der Waals surface area contributed by atoms with Crippen LogP contribution in [-0.4, -0.2) is 17.8 Å². The van der Waals surface area contributed by atoms with Crippen LogP contribution < -0.4 is 4.74 Å². The molecule has 0 spiro atoms. The van der Waals surface area contributed by atoms with Gasteiger partial charge in [0.1, 0.15) is 12.4 Å². The average molecular weight is 181 g/mol. The van der Waals surface area contributed by atoms with E-state index in [0.717, 1.165) is 0 Å². The third kappa shape index (κ3) is 1.94. The largest absolute Gasteiger partial charge is 0.462 e. The molecule has 0 unspecified atom stereocenters. The monoisotopic (exact) mass is 181 g/mol. The summed E-state index contributed by atoms with van der Waals surface area (Å²) in [5.41, 5.74) is 0.0593. The molecule has 1 fully saturated rings. The molecule has 68 valence electrons. The van der Waals surface area contributed by atoms with Crippen molar-refractivity contribution >= 4 is 5.69 Å². The molecule has 1 aliphatic heterocycles. The van der Waals surface area contributed by atoms with Crippen molar-refractivity contribution < 1.29 is 14.4 Å². The topological polar surface area (TPSA) is 64.9 Å². The SMILES string of the molecule is O=[N+]([O-])c1ccc(O[C@@H]2CO2)cc1. The minimum absolute atomic E-state index is 0.0593. The lowest BCUT2D eigenvalue weighted by molar-refractivity contribution is -0.384. The van der Waals surface area contributed by atoms with Crippen LogP contribution in [0.2, 0.25) is 0 Å². The zero-order valence-electron chi connectivity index (χ0n) is 6.67. The second-order valence-corrected chi connectivity index (χ2v) is 2.63. The van der Waals surface area contributed by atoms with E-state index in [1.54, 1.807) is 12.1 Å². The van der Waals surface area contributed by atoms with E-state index in [1.165, 1.54) is 12.1 Å². The van der Waals surface area contributed by atoms with Gasteiger partial charge in [-0.05, 0) is 12.1 Å². The number of non-ortho nitro benzene ring substituents is 1. The van der Waals surface area contributed by atoms with Gasteiger partial charge in [0.2, 0.25) is 6.29 Å². The molecule has 0 N–H and O–H groups in total. The molecule has 1 aromatic rings. The van der Waals surface area contributed by atoms with E-state index in [-0.39, 0.29) is 12.0 Å². The predicted molar refractivity (Wildman–Crippen MR) is 43.5 cm³/mol. The van der Waals surface area contributed by atoms with Crippen molar-refractivity contribution in [3.05, 3.63) is 34.4 Å². The Bertz CT molecular complexity index is 317. The Hall–Kier alpha value is -1.62. The fraction of sp³-hybridized carbons (Fsp3) is 0.250. The molecule has 5 heteroatoms. The number of rotatable bonds is 3. The number of nitro benzene ring substituents is 1. The van der Waals surface area contributed by atoms with Crippen LogP contribution in [0.4, 0.5) is 5.69 Å². The second kappa shape index (κ2) is 3.02. The molecular formula is C8H7NO4. The first-order chi connectivity index (χ1) is 6.25. The zero-order valence-corrected chi connectivity index (χ0v) is 6.67. The van der Waals surface area contributed by atoms with Gasteiger partial charge < -0.3 is 9.47 Å². The highest BCUT2D eigenvalue weighted by atomic mass is 16.8. The smallest absolute Gasteiger partial charge is 0.269 e. The summed E-state index contributed by atoms with van der Waals surface area (Å²) < 4.78 is 10.0. The number of ether oxygens (including phenoxy) is 2. The van der Waals surface area contributed by atoms with Crippen molar-refractivity contribution in [1.82, 2.24) is 0 Å². The fourth-order valence-electron chi connectivity index (χ4n) is 0.906. The lowest BCUT2D eigenvalue weighted by atomic mass is 10.3. The first-order valence-electron chi connectivity index (χ1n) is 3.78. The van der Waals surface area contributed by atoms with Gasteiger partial charge in [0.05, 0.1) is 4.92 Å². The molecule has 13 heavy (non-hydrogen) atoms. The Kier molecular flexibility index (Phi) is 1.86. The minimum atomic E-state index is -0.447. The van der Waals surface area contributed by atoms with Gasteiger partial charge in [-0.25, -0.2) is 0 Å². The van der Waals surface area contributed by atoms with Crippen LogP contribution in [0.5, 0.6) is 5.75 Å². The van der Waals surface area contributed by atoms with Crippen molar-refractivity contribution in [2.45, 2.75) is 6.29 Å². The van der Waals surface area contributed by atoms with Gasteiger partial charge in [0.25, 0.3) is 5.69 Å². The summed E-state index contributed by atoms with van der Waals surface area (Å²) in [6.07, 6.45) is -0.165. The van der Waals surface area contributed by atoms with Crippen molar-refractivity contribution in [1.29, 1.82) is 0 Å². The number of nitro groups is 1. The van der Waals surface area contributed by atoms with Gasteiger partial charge in [0.15, 0.2) is 0 Å². The lowest BCUT2D eigenvalue weighted by Crippen LogP contribution is -1.97. The van der Waals surface area contributed by atoms with Crippen LogP contribution in [0.15, 0.2) is 24.3 Å². The van der Waals surface area contributed by atoms with Crippen LogP contribution in [0.25, 0.3) is 0 Å². The summed E-state index contributed by atoms with van der Waals surface area (Å²) in [4.78, 5) is 9.84. The van der Waals surface area contributed by atoms with Crippen molar-refractivity contribution in [2.75, 3.05) is 6.61 Å². The van der Waals surface area contributed by atoms with Gasteiger partial charge >= 0.3 is 0 Å². The molecule has 1 aliphatic rings.